The number of hydrogen-bond donors (Lipinski definition) is 1. The van der Waals surface area contributed by atoms with Gasteiger partial charge in [-0.2, -0.15) is 13.2 Å². The summed E-state index contributed by atoms with van der Waals surface area (Å²) in [5.41, 5.74) is 1.96. The van der Waals surface area contributed by atoms with Gasteiger partial charge in [0.2, 0.25) is 0 Å². The van der Waals surface area contributed by atoms with Crippen LogP contribution in [0.3, 0.4) is 0 Å². The fourth-order valence-corrected chi connectivity index (χ4v) is 5.12. The Morgan fingerprint density at radius 1 is 0.875 bits per heavy atom. The third-order valence-electron chi connectivity index (χ3n) is 5.67. The summed E-state index contributed by atoms with van der Waals surface area (Å²) in [5.74, 6) is 0. The molecule has 0 aliphatic carbocycles. The van der Waals surface area contributed by atoms with Gasteiger partial charge < -0.3 is 34.8 Å². The molecule has 2 aromatic carbocycles. The number of nitrogens with zero attached hydrogens (tertiary/aromatic N) is 2. The molecule has 2 aliphatic rings. The summed E-state index contributed by atoms with van der Waals surface area (Å²) >= 11 is 1.53. The van der Waals surface area contributed by atoms with E-state index in [1.54, 1.807) is 6.07 Å². The number of piperazine rings is 1. The van der Waals surface area contributed by atoms with Crippen LogP contribution < -0.4 is 24.8 Å². The number of benzene rings is 2. The highest BCUT2D eigenvalue weighted by molar-refractivity contribution is 7.99. The number of fused-ring (bicyclic) bond motifs is 2. The van der Waals surface area contributed by atoms with Crippen LogP contribution in [-0.4, -0.2) is 60.8 Å². The first-order chi connectivity index (χ1) is 14.5. The zero-order chi connectivity index (χ0) is 21.1. The maximum absolute atomic E-state index is 13.3. The Hall–Kier alpha value is -1.22. The number of hydrogen-bond acceptors (Lipinski definition) is 4. The van der Waals surface area contributed by atoms with E-state index in [2.05, 4.69) is 15.9 Å². The first-order valence-corrected chi connectivity index (χ1v) is 11.0. The summed E-state index contributed by atoms with van der Waals surface area (Å²) in [5, 5.41) is 9.06. The normalized spacial score (nSPS) is 17.8. The smallest absolute Gasteiger partial charge is 0.416 e. The largest absolute Gasteiger partial charge is 1.00 e. The van der Waals surface area contributed by atoms with E-state index in [1.165, 1.54) is 23.9 Å². The lowest BCUT2D eigenvalue weighted by atomic mass is 9.94. The molecule has 9 heteroatoms. The summed E-state index contributed by atoms with van der Waals surface area (Å²) in [6.07, 6.45) is -1.47. The molecule has 0 spiro atoms. The van der Waals surface area contributed by atoms with E-state index in [0.29, 0.717) is 12.1 Å². The molecule has 176 valence electrons. The molecule has 0 aromatic heterocycles. The van der Waals surface area contributed by atoms with Gasteiger partial charge >= 0.3 is 6.18 Å². The molecule has 1 fully saturated rings. The fourth-order valence-electron chi connectivity index (χ4n) is 4.04. The number of alkyl halides is 3. The topological polar surface area (TPSA) is 26.7 Å². The molecule has 1 saturated heterocycles. The van der Waals surface area contributed by atoms with Gasteiger partial charge in [-0.15, -0.1) is 0 Å². The molecule has 0 bridgehead atoms. The zero-order valence-corrected chi connectivity index (χ0v) is 19.7. The van der Waals surface area contributed by atoms with Crippen molar-refractivity contribution in [1.82, 2.24) is 9.80 Å². The standard InChI is InChI=1S/C23H25F3N2OS.2ClH/c24-23(25,26)17-7-8-22-20(16-17)18(19-4-1-2-6-21(19)30-22)5-3-9-27-10-12-28(13-11-27)14-15-29;;/h1-2,4-8,16,29H,3,9-15H2;2*1H/p-2/b18-5-;;. The molecular weight excluding hydrogens is 480 g/mol. The highest BCUT2D eigenvalue weighted by atomic mass is 35.5. The fraction of sp³-hybridized carbons (Fsp3) is 0.391. The molecule has 1 N–H and O–H groups in total. The second-order valence-corrected chi connectivity index (χ2v) is 8.70. The van der Waals surface area contributed by atoms with Crippen molar-refractivity contribution >= 4 is 17.3 Å². The quantitative estimate of drug-likeness (QED) is 0.462. The maximum atomic E-state index is 13.3. The van der Waals surface area contributed by atoms with Crippen LogP contribution in [0.4, 0.5) is 13.2 Å². The summed E-state index contributed by atoms with van der Waals surface area (Å²) in [6.45, 7) is 5.55. The maximum Gasteiger partial charge on any atom is 0.416 e. The molecule has 0 radical (unpaired) electrons. The van der Waals surface area contributed by atoms with Crippen LogP contribution in [0.15, 0.2) is 58.3 Å². The molecule has 0 unspecified atom stereocenters. The molecule has 2 heterocycles. The van der Waals surface area contributed by atoms with Crippen molar-refractivity contribution in [3.63, 3.8) is 0 Å². The Bertz CT molecular complexity index is 932. The van der Waals surface area contributed by atoms with Crippen molar-refractivity contribution < 1.29 is 43.1 Å². The van der Waals surface area contributed by atoms with Gasteiger partial charge in [-0.1, -0.05) is 36.0 Å². The highest BCUT2D eigenvalue weighted by Crippen LogP contribution is 2.47. The Morgan fingerprint density at radius 2 is 1.50 bits per heavy atom. The van der Waals surface area contributed by atoms with Gasteiger partial charge in [-0.25, -0.2) is 0 Å². The van der Waals surface area contributed by atoms with Crippen molar-refractivity contribution in [2.75, 3.05) is 45.9 Å². The minimum atomic E-state index is -4.35. The lowest BCUT2D eigenvalue weighted by molar-refractivity contribution is -0.137. The van der Waals surface area contributed by atoms with Crippen LogP contribution in [-0.2, 0) is 6.18 Å². The summed E-state index contributed by atoms with van der Waals surface area (Å²) < 4.78 is 39.9. The van der Waals surface area contributed by atoms with Crippen LogP contribution in [0.25, 0.3) is 5.57 Å². The third kappa shape index (κ3) is 6.22. The molecule has 2 aromatic rings. The lowest BCUT2D eigenvalue weighted by Gasteiger charge is -2.34. The minimum Gasteiger partial charge on any atom is -1.00 e. The Balaban J connectivity index is 0.00000181. The van der Waals surface area contributed by atoms with Crippen molar-refractivity contribution in [3.05, 3.63) is 65.2 Å². The van der Waals surface area contributed by atoms with Crippen LogP contribution >= 0.6 is 11.8 Å². The van der Waals surface area contributed by atoms with Crippen LogP contribution in [0.5, 0.6) is 0 Å². The number of aliphatic hydroxyl groups excluding tert-OH is 1. The third-order valence-corrected chi connectivity index (χ3v) is 6.82. The van der Waals surface area contributed by atoms with Gasteiger partial charge in [0.1, 0.15) is 0 Å². The van der Waals surface area contributed by atoms with Crippen LogP contribution in [0.2, 0.25) is 0 Å². The second kappa shape index (κ2) is 11.8. The Morgan fingerprint density at radius 3 is 2.16 bits per heavy atom. The van der Waals surface area contributed by atoms with Gasteiger partial charge in [-0.3, -0.25) is 4.90 Å². The van der Waals surface area contributed by atoms with E-state index >= 15 is 0 Å². The first-order valence-electron chi connectivity index (χ1n) is 10.2. The van der Waals surface area contributed by atoms with Crippen LogP contribution in [0, 0.1) is 0 Å². The van der Waals surface area contributed by atoms with Crippen molar-refractivity contribution in [2.45, 2.75) is 22.4 Å². The van der Waals surface area contributed by atoms with Crippen molar-refractivity contribution in [3.8, 4) is 0 Å². The first kappa shape index (κ1) is 27.0. The van der Waals surface area contributed by atoms with E-state index < -0.39 is 11.7 Å². The number of aliphatic hydroxyl groups is 1. The van der Waals surface area contributed by atoms with Gasteiger partial charge in [0.15, 0.2) is 0 Å². The molecular formula is C23H25Cl2F3N2OS-2. The lowest BCUT2D eigenvalue weighted by Crippen LogP contribution is -3.00. The molecule has 0 atom stereocenters. The van der Waals surface area contributed by atoms with E-state index in [4.69, 9.17) is 5.11 Å². The second-order valence-electron chi connectivity index (χ2n) is 7.62. The minimum absolute atomic E-state index is 0. The molecule has 3 nitrogen and oxygen atoms in total. The van der Waals surface area contributed by atoms with Crippen LogP contribution in [0.1, 0.15) is 23.1 Å². The summed E-state index contributed by atoms with van der Waals surface area (Å²) in [7, 11) is 0. The monoisotopic (exact) mass is 504 g/mol. The zero-order valence-electron chi connectivity index (χ0n) is 17.4. The molecule has 32 heavy (non-hydrogen) atoms. The van der Waals surface area contributed by atoms with Gasteiger partial charge in [0.25, 0.3) is 0 Å². The molecule has 0 amide bonds. The van der Waals surface area contributed by atoms with Gasteiger partial charge in [-0.05, 0) is 47.4 Å². The summed E-state index contributed by atoms with van der Waals surface area (Å²) in [6, 6.07) is 12.0. The number of rotatable bonds is 5. The van der Waals surface area contributed by atoms with Crippen molar-refractivity contribution in [2.24, 2.45) is 0 Å². The Kier molecular flexibility index (Phi) is 9.94. The molecule has 4 rings (SSSR count). The predicted octanol–water partition coefficient (Wildman–Crippen LogP) is -1.39. The number of β-amino-alcohol motifs (C(OH)–C–C–N with tert-alkyl or cyclic N) is 1. The Labute approximate surface area is 203 Å². The summed E-state index contributed by atoms with van der Waals surface area (Å²) in [4.78, 5) is 6.57. The highest BCUT2D eigenvalue weighted by Gasteiger charge is 2.32. The van der Waals surface area contributed by atoms with E-state index in [-0.39, 0.29) is 31.4 Å². The SMILES string of the molecule is OCCN1CCN(CC/C=C2/c3ccccc3Sc3ccc(C(F)(F)F)cc32)CC1.[Cl-].[Cl-]. The number of halogens is 5. The van der Waals surface area contributed by atoms with E-state index in [1.807, 2.05) is 24.3 Å². The van der Waals surface area contributed by atoms with E-state index in [9.17, 15) is 13.2 Å². The average molecular weight is 505 g/mol. The van der Waals surface area contributed by atoms with Gasteiger partial charge in [0.05, 0.1) is 12.2 Å². The molecule has 2 aliphatic heterocycles. The molecule has 0 saturated carbocycles. The van der Waals surface area contributed by atoms with Gasteiger partial charge in [0, 0.05) is 49.1 Å². The average Bonchev–Trinajstić information content (AvgIpc) is 2.73. The predicted molar refractivity (Wildman–Crippen MR) is 114 cm³/mol. The van der Waals surface area contributed by atoms with E-state index in [0.717, 1.165) is 60.1 Å². The van der Waals surface area contributed by atoms with Crippen molar-refractivity contribution in [1.29, 1.82) is 0 Å².